The van der Waals surface area contributed by atoms with Gasteiger partial charge in [-0.1, -0.05) is 12.8 Å². The summed E-state index contributed by atoms with van der Waals surface area (Å²) in [4.78, 5) is 36.8. The molecule has 2 rings (SSSR count). The molecule has 0 atom stereocenters. The molecule has 0 spiro atoms. The third-order valence-electron chi connectivity index (χ3n) is 5.13. The first kappa shape index (κ1) is 19.6. The summed E-state index contributed by atoms with van der Waals surface area (Å²) in [7, 11) is 1.71. The van der Waals surface area contributed by atoms with E-state index in [1.807, 2.05) is 0 Å². The molecule has 0 aromatic carbocycles. The lowest BCUT2D eigenvalue weighted by atomic mass is 9.81. The minimum Gasteiger partial charge on any atom is -0.385 e. The molecule has 0 aromatic rings. The first-order chi connectivity index (χ1) is 12.1. The molecule has 3 amide bonds. The van der Waals surface area contributed by atoms with E-state index in [9.17, 15) is 14.4 Å². The number of methoxy groups -OCH3 is 1. The highest BCUT2D eigenvalue weighted by molar-refractivity contribution is 6.12. The van der Waals surface area contributed by atoms with E-state index >= 15 is 0 Å². The van der Waals surface area contributed by atoms with Gasteiger partial charge in [0.1, 0.15) is 0 Å². The minimum atomic E-state index is -0.213. The number of rotatable bonds is 10. The molecule has 2 aliphatic rings. The van der Waals surface area contributed by atoms with Crippen molar-refractivity contribution in [1.29, 1.82) is 0 Å². The summed E-state index contributed by atoms with van der Waals surface area (Å²) in [5.74, 6) is 0.126. The molecule has 0 unspecified atom stereocenters. The first-order valence-electron chi connectivity index (χ1n) is 9.42. The first-order valence-corrected chi connectivity index (χ1v) is 9.42. The zero-order valence-electron chi connectivity index (χ0n) is 15.2. The highest BCUT2D eigenvalue weighted by Gasteiger charge is 2.31. The molecule has 1 aliphatic heterocycles. The van der Waals surface area contributed by atoms with Crippen LogP contribution in [0.4, 0.5) is 0 Å². The lowest BCUT2D eigenvalue weighted by Crippen LogP contribution is -2.38. The summed E-state index contributed by atoms with van der Waals surface area (Å²) in [6.07, 6.45) is 10.5. The fourth-order valence-corrected chi connectivity index (χ4v) is 3.56. The summed E-state index contributed by atoms with van der Waals surface area (Å²) < 4.78 is 5.01. The maximum absolute atomic E-state index is 12.2. The van der Waals surface area contributed by atoms with Gasteiger partial charge in [-0.25, -0.2) is 0 Å². The van der Waals surface area contributed by atoms with Gasteiger partial charge in [0.2, 0.25) is 5.91 Å². The molecule has 1 saturated carbocycles. The molecular formula is C19H30N2O4. The topological polar surface area (TPSA) is 75.7 Å². The Morgan fingerprint density at radius 3 is 2.36 bits per heavy atom. The molecule has 6 nitrogen and oxygen atoms in total. The highest BCUT2D eigenvalue weighted by Crippen LogP contribution is 2.30. The molecule has 1 fully saturated rings. The molecule has 0 bridgehead atoms. The minimum absolute atomic E-state index is 0.0767. The van der Waals surface area contributed by atoms with E-state index in [0.29, 0.717) is 12.5 Å². The Labute approximate surface area is 150 Å². The van der Waals surface area contributed by atoms with Crippen LogP contribution < -0.4 is 5.32 Å². The number of carbonyl (C=O) groups is 3. The number of ether oxygens (including phenoxy) is 1. The van der Waals surface area contributed by atoms with Gasteiger partial charge < -0.3 is 10.1 Å². The van der Waals surface area contributed by atoms with E-state index < -0.39 is 0 Å². The molecule has 140 valence electrons. The van der Waals surface area contributed by atoms with Crippen LogP contribution in [0.3, 0.4) is 0 Å². The number of amides is 3. The Morgan fingerprint density at radius 2 is 1.72 bits per heavy atom. The van der Waals surface area contributed by atoms with Gasteiger partial charge in [0.25, 0.3) is 11.8 Å². The summed E-state index contributed by atoms with van der Waals surface area (Å²) in [6, 6.07) is 0. The smallest absolute Gasteiger partial charge is 0.253 e. The largest absolute Gasteiger partial charge is 0.385 e. The van der Waals surface area contributed by atoms with Crippen molar-refractivity contribution >= 4 is 17.7 Å². The molecule has 25 heavy (non-hydrogen) atoms. The van der Waals surface area contributed by atoms with Crippen LogP contribution in [0.25, 0.3) is 0 Å². The predicted molar refractivity (Wildman–Crippen MR) is 94.7 cm³/mol. The van der Waals surface area contributed by atoms with Gasteiger partial charge in [-0.2, -0.15) is 0 Å². The van der Waals surface area contributed by atoms with Gasteiger partial charge in [-0.05, 0) is 44.4 Å². The molecule has 1 N–H and O–H groups in total. The van der Waals surface area contributed by atoms with Crippen LogP contribution in [0.1, 0.15) is 51.4 Å². The van der Waals surface area contributed by atoms with Gasteiger partial charge in [0, 0.05) is 44.9 Å². The van der Waals surface area contributed by atoms with Crippen LogP contribution in [0, 0.1) is 11.8 Å². The Balaban J connectivity index is 1.57. The van der Waals surface area contributed by atoms with Crippen LogP contribution in [0.2, 0.25) is 0 Å². The zero-order chi connectivity index (χ0) is 18.1. The highest BCUT2D eigenvalue weighted by atomic mass is 16.5. The Bertz CT molecular complexity index is 478. The number of imide groups is 1. The maximum Gasteiger partial charge on any atom is 0.253 e. The van der Waals surface area contributed by atoms with Gasteiger partial charge >= 0.3 is 0 Å². The Hall–Kier alpha value is -1.69. The summed E-state index contributed by atoms with van der Waals surface area (Å²) in [5, 5.41) is 3.05. The summed E-state index contributed by atoms with van der Waals surface area (Å²) >= 11 is 0. The van der Waals surface area contributed by atoms with Crippen molar-refractivity contribution in [1.82, 2.24) is 10.2 Å². The standard InChI is InChI=1S/C19H30N2O4/c1-25-13-5-3-2-4-12-20-19(24)16-8-6-15(7-9-16)14-21-17(22)10-11-18(21)23/h10-11,15-16H,2-9,12-14H2,1H3,(H,20,24). The number of nitrogens with zero attached hydrogens (tertiary/aromatic N) is 1. The van der Waals surface area contributed by atoms with Crippen molar-refractivity contribution in [3.8, 4) is 0 Å². The van der Waals surface area contributed by atoms with Crippen LogP contribution in [-0.2, 0) is 19.1 Å². The van der Waals surface area contributed by atoms with Crippen LogP contribution in [0.15, 0.2) is 12.2 Å². The van der Waals surface area contributed by atoms with E-state index in [4.69, 9.17) is 4.74 Å². The molecule has 6 heteroatoms. The van der Waals surface area contributed by atoms with Crippen molar-refractivity contribution < 1.29 is 19.1 Å². The van der Waals surface area contributed by atoms with Crippen LogP contribution in [0.5, 0.6) is 0 Å². The van der Waals surface area contributed by atoms with E-state index in [0.717, 1.165) is 64.5 Å². The molecule has 0 saturated heterocycles. The average Bonchev–Trinajstić information content (AvgIpc) is 2.93. The van der Waals surface area contributed by atoms with Crippen molar-refractivity contribution in [2.24, 2.45) is 11.8 Å². The van der Waals surface area contributed by atoms with Crippen molar-refractivity contribution in [3.63, 3.8) is 0 Å². The molecule has 0 radical (unpaired) electrons. The third-order valence-corrected chi connectivity index (χ3v) is 5.13. The average molecular weight is 350 g/mol. The maximum atomic E-state index is 12.2. The fraction of sp³-hybridized carbons (Fsp3) is 0.737. The van der Waals surface area contributed by atoms with Gasteiger partial charge in [-0.3, -0.25) is 19.3 Å². The number of hydrogen-bond acceptors (Lipinski definition) is 4. The second kappa shape index (κ2) is 10.3. The van der Waals surface area contributed by atoms with Gasteiger partial charge in [0.05, 0.1) is 0 Å². The van der Waals surface area contributed by atoms with Gasteiger partial charge in [0.15, 0.2) is 0 Å². The Morgan fingerprint density at radius 1 is 1.08 bits per heavy atom. The number of carbonyl (C=O) groups excluding carboxylic acids is 3. The molecular weight excluding hydrogens is 320 g/mol. The number of hydrogen-bond donors (Lipinski definition) is 1. The second-order valence-corrected chi connectivity index (χ2v) is 7.04. The summed E-state index contributed by atoms with van der Waals surface area (Å²) in [6.45, 7) is 2.04. The van der Waals surface area contributed by atoms with E-state index in [1.165, 1.54) is 17.1 Å². The lowest BCUT2D eigenvalue weighted by molar-refractivity contribution is -0.138. The van der Waals surface area contributed by atoms with Gasteiger partial charge in [-0.15, -0.1) is 0 Å². The fourth-order valence-electron chi connectivity index (χ4n) is 3.56. The quantitative estimate of drug-likeness (QED) is 0.483. The SMILES string of the molecule is COCCCCCCNC(=O)C1CCC(CN2C(=O)C=CC2=O)CC1. The zero-order valence-corrected chi connectivity index (χ0v) is 15.2. The molecule has 1 heterocycles. The normalized spacial score (nSPS) is 23.3. The monoisotopic (exact) mass is 350 g/mol. The molecule has 1 aliphatic carbocycles. The van der Waals surface area contributed by atoms with Crippen molar-refractivity contribution in [2.45, 2.75) is 51.4 Å². The van der Waals surface area contributed by atoms with E-state index in [-0.39, 0.29) is 23.6 Å². The third kappa shape index (κ3) is 6.27. The van der Waals surface area contributed by atoms with E-state index in [2.05, 4.69) is 5.32 Å². The van der Waals surface area contributed by atoms with E-state index in [1.54, 1.807) is 7.11 Å². The number of nitrogens with one attached hydrogen (secondary N) is 1. The Kier molecular flexibility index (Phi) is 8.12. The second-order valence-electron chi connectivity index (χ2n) is 7.04. The van der Waals surface area contributed by atoms with Crippen molar-refractivity contribution in [3.05, 3.63) is 12.2 Å². The number of unbranched alkanes of at least 4 members (excludes halogenated alkanes) is 3. The summed E-state index contributed by atoms with van der Waals surface area (Å²) in [5.41, 5.74) is 0. The lowest BCUT2D eigenvalue weighted by Gasteiger charge is -2.30. The van der Waals surface area contributed by atoms with Crippen LogP contribution >= 0.6 is 0 Å². The van der Waals surface area contributed by atoms with Crippen molar-refractivity contribution in [2.75, 3.05) is 26.8 Å². The predicted octanol–water partition coefficient (Wildman–Crippen LogP) is 2.04. The van der Waals surface area contributed by atoms with Crippen LogP contribution in [-0.4, -0.2) is 49.4 Å². The molecule has 0 aromatic heterocycles.